The number of β-amino-alcohol motifs (C(OH)–C–C–N with tert-alkyl or cyclic N) is 1. The highest BCUT2D eigenvalue weighted by molar-refractivity contribution is 6.32. The van der Waals surface area contributed by atoms with Crippen molar-refractivity contribution in [1.29, 1.82) is 0 Å². The molecule has 132 valence electrons. The molecule has 1 saturated heterocycles. The third-order valence-corrected chi connectivity index (χ3v) is 4.06. The van der Waals surface area contributed by atoms with Crippen LogP contribution in [0.25, 0.3) is 0 Å². The van der Waals surface area contributed by atoms with Crippen LogP contribution in [0.4, 0.5) is 0 Å². The molecule has 7 heteroatoms. The molecular formula is C16H26Cl2N2O3. The highest BCUT2D eigenvalue weighted by atomic mass is 35.5. The molecule has 1 aromatic carbocycles. The molecule has 2 atom stereocenters. The monoisotopic (exact) mass is 364 g/mol. The van der Waals surface area contributed by atoms with Crippen molar-refractivity contribution in [2.24, 2.45) is 5.92 Å². The number of ether oxygens (including phenoxy) is 2. The maximum absolute atomic E-state index is 9.77. The van der Waals surface area contributed by atoms with Crippen molar-refractivity contribution in [2.45, 2.75) is 26.0 Å². The standard InChI is InChI=1S/C16H25ClN2O3.ClH/c1-3-4-22-16-13(17)5-11(6-15(16)21-2)7-18-8-12-9-19-10-14(12)20;/h5-6,12,14,18-20H,3-4,7-10H2,1-2H3;1H. The van der Waals surface area contributed by atoms with E-state index in [0.717, 1.165) is 25.1 Å². The van der Waals surface area contributed by atoms with Crippen LogP contribution >= 0.6 is 24.0 Å². The molecule has 23 heavy (non-hydrogen) atoms. The van der Waals surface area contributed by atoms with Gasteiger partial charge in [-0.2, -0.15) is 0 Å². The average molecular weight is 365 g/mol. The second kappa shape index (κ2) is 10.2. The summed E-state index contributed by atoms with van der Waals surface area (Å²) in [4.78, 5) is 0. The highest BCUT2D eigenvalue weighted by Gasteiger charge is 2.24. The van der Waals surface area contributed by atoms with E-state index in [4.69, 9.17) is 21.1 Å². The Labute approximate surface area is 149 Å². The first-order valence-corrected chi connectivity index (χ1v) is 8.12. The van der Waals surface area contributed by atoms with E-state index in [1.807, 2.05) is 19.1 Å². The lowest BCUT2D eigenvalue weighted by molar-refractivity contribution is 0.146. The van der Waals surface area contributed by atoms with Crippen LogP contribution in [0.5, 0.6) is 11.5 Å². The Bertz CT molecular complexity index is 489. The van der Waals surface area contributed by atoms with Gasteiger partial charge in [0.1, 0.15) is 0 Å². The number of benzene rings is 1. The summed E-state index contributed by atoms with van der Waals surface area (Å²) in [6, 6.07) is 3.83. The molecule has 2 rings (SSSR count). The normalized spacial score (nSPS) is 20.2. The summed E-state index contributed by atoms with van der Waals surface area (Å²) in [5.74, 6) is 1.51. The predicted molar refractivity (Wildman–Crippen MR) is 95.1 cm³/mol. The van der Waals surface area contributed by atoms with Crippen LogP contribution in [0.2, 0.25) is 5.02 Å². The van der Waals surface area contributed by atoms with E-state index in [2.05, 4.69) is 10.6 Å². The molecule has 5 nitrogen and oxygen atoms in total. The van der Waals surface area contributed by atoms with Crippen molar-refractivity contribution >= 4 is 24.0 Å². The third kappa shape index (κ3) is 5.69. The van der Waals surface area contributed by atoms with Gasteiger partial charge in [0.15, 0.2) is 11.5 Å². The average Bonchev–Trinajstić information content (AvgIpc) is 2.91. The van der Waals surface area contributed by atoms with E-state index in [0.29, 0.717) is 36.2 Å². The van der Waals surface area contributed by atoms with E-state index in [1.165, 1.54) is 0 Å². The van der Waals surface area contributed by atoms with Gasteiger partial charge in [-0.3, -0.25) is 0 Å². The first kappa shape index (κ1) is 20.3. The quantitative estimate of drug-likeness (QED) is 0.660. The first-order chi connectivity index (χ1) is 10.7. The highest BCUT2D eigenvalue weighted by Crippen LogP contribution is 2.36. The molecular weight excluding hydrogens is 339 g/mol. The van der Waals surface area contributed by atoms with Gasteiger partial charge in [0.25, 0.3) is 0 Å². The second-order valence-electron chi connectivity index (χ2n) is 5.57. The van der Waals surface area contributed by atoms with Gasteiger partial charge in [-0.1, -0.05) is 18.5 Å². The van der Waals surface area contributed by atoms with E-state index in [9.17, 15) is 5.11 Å². The van der Waals surface area contributed by atoms with E-state index >= 15 is 0 Å². The van der Waals surface area contributed by atoms with Gasteiger partial charge in [-0.25, -0.2) is 0 Å². The van der Waals surface area contributed by atoms with Gasteiger partial charge in [-0.05, 0) is 24.1 Å². The van der Waals surface area contributed by atoms with Crippen molar-refractivity contribution < 1.29 is 14.6 Å². The minimum absolute atomic E-state index is 0. The van der Waals surface area contributed by atoms with Crippen LogP contribution in [0.3, 0.4) is 0 Å². The number of methoxy groups -OCH3 is 1. The molecule has 1 heterocycles. The zero-order valence-corrected chi connectivity index (χ0v) is 15.2. The Morgan fingerprint density at radius 3 is 2.78 bits per heavy atom. The third-order valence-electron chi connectivity index (χ3n) is 3.78. The Hall–Kier alpha value is -0.720. The fourth-order valence-corrected chi connectivity index (χ4v) is 2.84. The number of nitrogens with one attached hydrogen (secondary N) is 2. The minimum Gasteiger partial charge on any atom is -0.493 e. The molecule has 1 aliphatic heterocycles. The fraction of sp³-hybridized carbons (Fsp3) is 0.625. The van der Waals surface area contributed by atoms with Crippen LogP contribution in [0.1, 0.15) is 18.9 Å². The molecule has 0 amide bonds. The summed E-state index contributed by atoms with van der Waals surface area (Å²) >= 11 is 6.30. The molecule has 0 bridgehead atoms. The Morgan fingerprint density at radius 2 is 2.17 bits per heavy atom. The smallest absolute Gasteiger partial charge is 0.179 e. The van der Waals surface area contributed by atoms with Crippen LogP contribution in [0, 0.1) is 5.92 Å². The molecule has 0 aliphatic carbocycles. The van der Waals surface area contributed by atoms with Crippen LogP contribution in [-0.4, -0.2) is 44.6 Å². The lowest BCUT2D eigenvalue weighted by Gasteiger charge is -2.16. The number of halogens is 2. The lowest BCUT2D eigenvalue weighted by Crippen LogP contribution is -2.30. The topological polar surface area (TPSA) is 62.8 Å². The van der Waals surface area contributed by atoms with Crippen LogP contribution in [-0.2, 0) is 6.54 Å². The fourth-order valence-electron chi connectivity index (χ4n) is 2.55. The molecule has 1 aliphatic rings. The molecule has 1 aromatic rings. The van der Waals surface area contributed by atoms with Crippen molar-refractivity contribution in [2.75, 3.05) is 33.4 Å². The number of hydrogen-bond donors (Lipinski definition) is 3. The van der Waals surface area contributed by atoms with Gasteiger partial charge in [0.05, 0.1) is 24.8 Å². The molecule has 0 spiro atoms. The number of rotatable bonds is 8. The Balaban J connectivity index is 0.00000264. The van der Waals surface area contributed by atoms with Crippen LogP contribution in [0.15, 0.2) is 12.1 Å². The lowest BCUT2D eigenvalue weighted by atomic mass is 10.1. The number of aliphatic hydroxyl groups is 1. The summed E-state index contributed by atoms with van der Waals surface area (Å²) in [5.41, 5.74) is 1.03. The molecule has 0 radical (unpaired) electrons. The SMILES string of the molecule is CCCOc1c(Cl)cc(CNCC2CNCC2O)cc1OC.Cl. The van der Waals surface area contributed by atoms with Crippen molar-refractivity contribution in [1.82, 2.24) is 10.6 Å². The molecule has 2 unspecified atom stereocenters. The van der Waals surface area contributed by atoms with E-state index in [-0.39, 0.29) is 24.4 Å². The summed E-state index contributed by atoms with van der Waals surface area (Å²) in [5, 5.41) is 16.9. The maximum Gasteiger partial charge on any atom is 0.179 e. The van der Waals surface area contributed by atoms with Crippen molar-refractivity contribution in [3.63, 3.8) is 0 Å². The van der Waals surface area contributed by atoms with Gasteiger partial charge in [0.2, 0.25) is 0 Å². The summed E-state index contributed by atoms with van der Waals surface area (Å²) in [7, 11) is 1.61. The van der Waals surface area contributed by atoms with Gasteiger partial charge < -0.3 is 25.2 Å². The molecule has 1 fully saturated rings. The Morgan fingerprint density at radius 1 is 1.39 bits per heavy atom. The zero-order valence-electron chi connectivity index (χ0n) is 13.6. The van der Waals surface area contributed by atoms with Crippen molar-refractivity contribution in [3.05, 3.63) is 22.7 Å². The zero-order chi connectivity index (χ0) is 15.9. The predicted octanol–water partition coefficient (Wildman–Crippen LogP) is 2.23. The summed E-state index contributed by atoms with van der Waals surface area (Å²) in [6.45, 7) is 5.62. The van der Waals surface area contributed by atoms with Gasteiger partial charge in [0, 0.05) is 32.1 Å². The summed E-state index contributed by atoms with van der Waals surface area (Å²) in [6.07, 6.45) is 0.649. The first-order valence-electron chi connectivity index (χ1n) is 7.74. The second-order valence-corrected chi connectivity index (χ2v) is 5.98. The van der Waals surface area contributed by atoms with Crippen molar-refractivity contribution in [3.8, 4) is 11.5 Å². The van der Waals surface area contributed by atoms with E-state index < -0.39 is 0 Å². The van der Waals surface area contributed by atoms with E-state index in [1.54, 1.807) is 7.11 Å². The number of hydrogen-bond acceptors (Lipinski definition) is 5. The largest absolute Gasteiger partial charge is 0.493 e. The maximum atomic E-state index is 9.77. The van der Waals surface area contributed by atoms with Crippen LogP contribution < -0.4 is 20.1 Å². The minimum atomic E-state index is -0.268. The molecule has 0 saturated carbocycles. The molecule has 3 N–H and O–H groups in total. The van der Waals surface area contributed by atoms with Gasteiger partial charge >= 0.3 is 0 Å². The van der Waals surface area contributed by atoms with Gasteiger partial charge in [-0.15, -0.1) is 12.4 Å². The number of aliphatic hydroxyl groups excluding tert-OH is 1. The Kier molecular flexibility index (Phi) is 9.02. The molecule has 0 aromatic heterocycles. The summed E-state index contributed by atoms with van der Waals surface area (Å²) < 4.78 is 11.0.